The van der Waals surface area contributed by atoms with E-state index in [4.69, 9.17) is 0 Å². The second kappa shape index (κ2) is 11.2. The molecule has 0 unspecified atom stereocenters. The molecule has 3 N–H and O–H groups in total. The van der Waals surface area contributed by atoms with Gasteiger partial charge in [-0.2, -0.15) is 0 Å². The van der Waals surface area contributed by atoms with E-state index >= 15 is 0 Å². The van der Waals surface area contributed by atoms with Crippen molar-refractivity contribution < 1.29 is 14.5 Å². The normalized spacial score (nSPS) is 11.6. The van der Waals surface area contributed by atoms with Gasteiger partial charge in [0, 0.05) is 44.5 Å². The van der Waals surface area contributed by atoms with Gasteiger partial charge in [-0.05, 0) is 43.0 Å². The Hall–Kier alpha value is -2.28. The molecule has 1 rings (SSSR count). The van der Waals surface area contributed by atoms with Gasteiger partial charge >= 0.3 is 6.03 Å². The van der Waals surface area contributed by atoms with E-state index in [2.05, 4.69) is 45.5 Å². The van der Waals surface area contributed by atoms with Gasteiger partial charge in [-0.1, -0.05) is 20.8 Å². The van der Waals surface area contributed by atoms with Gasteiger partial charge in [0.1, 0.15) is 0 Å². The van der Waals surface area contributed by atoms with Crippen LogP contribution in [-0.2, 0) is 11.3 Å². The van der Waals surface area contributed by atoms with E-state index in [-0.39, 0.29) is 23.4 Å². The Kier molecular flexibility index (Phi) is 9.62. The van der Waals surface area contributed by atoms with E-state index in [1.54, 1.807) is 0 Å². The van der Waals surface area contributed by atoms with Crippen LogP contribution < -0.4 is 20.4 Å². The number of benzene rings is 1. The first kappa shape index (κ1) is 25.8. The minimum absolute atomic E-state index is 0.0598. The van der Waals surface area contributed by atoms with Crippen molar-refractivity contribution in [2.24, 2.45) is 5.41 Å². The third-order valence-corrected chi connectivity index (χ3v) is 4.52. The Morgan fingerprint density at radius 3 is 2.27 bits per heavy atom. The molecule has 0 bridgehead atoms. The van der Waals surface area contributed by atoms with Crippen LogP contribution >= 0.6 is 0 Å². The van der Waals surface area contributed by atoms with Crippen LogP contribution in [-0.4, -0.2) is 64.2 Å². The zero-order chi connectivity index (χ0) is 23.1. The molecule has 170 valence electrons. The largest absolute Gasteiger partial charge is 0.377 e. The Morgan fingerprint density at radius 1 is 1.13 bits per heavy atom. The number of urea groups is 1. The van der Waals surface area contributed by atoms with E-state index < -0.39 is 0 Å². The van der Waals surface area contributed by atoms with Crippen molar-refractivity contribution in [2.45, 2.75) is 53.6 Å². The van der Waals surface area contributed by atoms with Crippen LogP contribution in [0.5, 0.6) is 0 Å². The highest BCUT2D eigenvalue weighted by molar-refractivity contribution is 5.90. The standard InChI is InChI=1S/C23H41N5O2/c1-17(2)24-22(30)25-19-10-11-20(27(8)9)18(14-19)16-28(13-12-26(6)7)21(29)15-23(3,4)5/h10-11,14,17H,12-13,15-16H2,1-9H3,(H2,24,25,30)/p+1. The summed E-state index contributed by atoms with van der Waals surface area (Å²) >= 11 is 0. The number of nitrogens with one attached hydrogen (secondary N) is 3. The Labute approximate surface area is 182 Å². The predicted molar refractivity (Wildman–Crippen MR) is 125 cm³/mol. The number of amides is 3. The quantitative estimate of drug-likeness (QED) is 0.574. The smallest absolute Gasteiger partial charge is 0.319 e. The van der Waals surface area contributed by atoms with E-state index in [1.165, 1.54) is 4.90 Å². The fourth-order valence-electron chi connectivity index (χ4n) is 3.08. The molecule has 7 nitrogen and oxygen atoms in total. The Balaban J connectivity index is 3.15. The van der Waals surface area contributed by atoms with Gasteiger partial charge in [0.2, 0.25) is 5.91 Å². The van der Waals surface area contributed by atoms with Crippen molar-refractivity contribution >= 4 is 23.3 Å². The van der Waals surface area contributed by atoms with Gasteiger partial charge in [0.15, 0.2) is 0 Å². The predicted octanol–water partition coefficient (Wildman–Crippen LogP) is 2.19. The summed E-state index contributed by atoms with van der Waals surface area (Å²) in [6, 6.07) is 5.68. The number of carbonyl (C=O) groups excluding carboxylic acids is 2. The van der Waals surface area contributed by atoms with E-state index in [0.717, 1.165) is 23.5 Å². The average molecular weight is 421 g/mol. The number of anilines is 2. The topological polar surface area (TPSA) is 69.1 Å². The van der Waals surface area contributed by atoms with Gasteiger partial charge in [-0.15, -0.1) is 0 Å². The number of hydrogen-bond acceptors (Lipinski definition) is 3. The molecular formula is C23H42N5O2+. The molecule has 3 amide bonds. The minimum atomic E-state index is -0.231. The SMILES string of the molecule is CC(C)NC(=O)Nc1ccc(N(C)C)c(CN(CC[NH+](C)C)C(=O)CC(C)(C)C)c1. The van der Waals surface area contributed by atoms with Crippen molar-refractivity contribution in [2.75, 3.05) is 51.5 Å². The molecule has 0 aromatic heterocycles. The lowest BCUT2D eigenvalue weighted by molar-refractivity contribution is -0.857. The Bertz CT molecular complexity index is 708. The molecule has 0 aliphatic heterocycles. The summed E-state index contributed by atoms with van der Waals surface area (Å²) < 4.78 is 0. The lowest BCUT2D eigenvalue weighted by Crippen LogP contribution is -3.06. The summed E-state index contributed by atoms with van der Waals surface area (Å²) in [5.74, 6) is 0.157. The maximum Gasteiger partial charge on any atom is 0.319 e. The van der Waals surface area contributed by atoms with Crippen LogP contribution in [0.4, 0.5) is 16.2 Å². The highest BCUT2D eigenvalue weighted by Crippen LogP contribution is 2.26. The lowest BCUT2D eigenvalue weighted by atomic mass is 9.91. The minimum Gasteiger partial charge on any atom is -0.377 e. The van der Waals surface area contributed by atoms with E-state index in [0.29, 0.717) is 19.5 Å². The van der Waals surface area contributed by atoms with Crippen molar-refractivity contribution in [3.05, 3.63) is 23.8 Å². The molecule has 0 saturated carbocycles. The summed E-state index contributed by atoms with van der Waals surface area (Å²) in [5.41, 5.74) is 2.70. The van der Waals surface area contributed by atoms with Crippen LogP contribution in [0.3, 0.4) is 0 Å². The molecule has 0 radical (unpaired) electrons. The van der Waals surface area contributed by atoms with Crippen LogP contribution in [0.15, 0.2) is 18.2 Å². The van der Waals surface area contributed by atoms with Crippen molar-refractivity contribution in [1.82, 2.24) is 10.2 Å². The molecule has 1 aromatic carbocycles. The molecule has 0 saturated heterocycles. The van der Waals surface area contributed by atoms with Gasteiger partial charge in [0.05, 0.1) is 27.2 Å². The third-order valence-electron chi connectivity index (χ3n) is 4.52. The van der Waals surface area contributed by atoms with Gasteiger partial charge in [-0.25, -0.2) is 4.79 Å². The fourth-order valence-corrected chi connectivity index (χ4v) is 3.08. The molecular weight excluding hydrogens is 378 g/mol. The monoisotopic (exact) mass is 420 g/mol. The number of nitrogens with zero attached hydrogens (tertiary/aromatic N) is 2. The van der Waals surface area contributed by atoms with Crippen LogP contribution in [0.25, 0.3) is 0 Å². The maximum absolute atomic E-state index is 13.1. The van der Waals surface area contributed by atoms with Crippen molar-refractivity contribution in [1.29, 1.82) is 0 Å². The fraction of sp³-hybridized carbons (Fsp3) is 0.652. The Morgan fingerprint density at radius 2 is 1.77 bits per heavy atom. The summed E-state index contributed by atoms with van der Waals surface area (Å²) in [6.45, 7) is 12.2. The molecule has 0 aliphatic rings. The van der Waals surface area contributed by atoms with E-state index in [1.807, 2.05) is 55.9 Å². The maximum atomic E-state index is 13.1. The van der Waals surface area contributed by atoms with Crippen LogP contribution in [0.1, 0.15) is 46.6 Å². The van der Waals surface area contributed by atoms with Crippen LogP contribution in [0.2, 0.25) is 0 Å². The number of quaternary nitrogens is 1. The van der Waals surface area contributed by atoms with Gasteiger partial charge in [0.25, 0.3) is 0 Å². The zero-order valence-corrected chi connectivity index (χ0v) is 20.3. The summed E-state index contributed by atoms with van der Waals surface area (Å²) in [5, 5.41) is 5.73. The summed E-state index contributed by atoms with van der Waals surface area (Å²) in [6.07, 6.45) is 0.502. The molecule has 0 spiro atoms. The second-order valence-corrected chi connectivity index (χ2v) is 10.0. The number of hydrogen-bond donors (Lipinski definition) is 3. The third kappa shape index (κ3) is 9.48. The average Bonchev–Trinajstić information content (AvgIpc) is 2.55. The van der Waals surface area contributed by atoms with Gasteiger partial charge in [-0.3, -0.25) is 4.79 Å². The molecule has 7 heteroatoms. The number of carbonyl (C=O) groups is 2. The first-order valence-electron chi connectivity index (χ1n) is 10.7. The first-order valence-corrected chi connectivity index (χ1v) is 10.7. The first-order chi connectivity index (χ1) is 13.8. The van der Waals surface area contributed by atoms with Crippen molar-refractivity contribution in [3.63, 3.8) is 0 Å². The highest BCUT2D eigenvalue weighted by Gasteiger charge is 2.23. The highest BCUT2D eigenvalue weighted by atomic mass is 16.2. The molecule has 30 heavy (non-hydrogen) atoms. The summed E-state index contributed by atoms with van der Waals surface area (Å²) in [7, 11) is 8.16. The second-order valence-electron chi connectivity index (χ2n) is 10.0. The van der Waals surface area contributed by atoms with Crippen LogP contribution in [0, 0.1) is 5.41 Å². The molecule has 0 fully saturated rings. The lowest BCUT2D eigenvalue weighted by Gasteiger charge is -2.29. The number of likely N-dealkylation sites (N-methyl/N-ethyl adjacent to an activating group) is 1. The molecule has 0 aliphatic carbocycles. The molecule has 1 aromatic rings. The molecule has 0 heterocycles. The van der Waals surface area contributed by atoms with Gasteiger partial charge < -0.3 is 25.3 Å². The van der Waals surface area contributed by atoms with E-state index in [9.17, 15) is 9.59 Å². The summed E-state index contributed by atoms with van der Waals surface area (Å²) in [4.78, 5) is 30.5. The zero-order valence-electron chi connectivity index (χ0n) is 20.3. The molecule has 0 atom stereocenters. The number of rotatable bonds is 9. The van der Waals surface area contributed by atoms with Crippen molar-refractivity contribution in [3.8, 4) is 0 Å².